The third-order valence-corrected chi connectivity index (χ3v) is 6.54. The summed E-state index contributed by atoms with van der Waals surface area (Å²) in [4.78, 5) is 43.8. The first-order valence-electron chi connectivity index (χ1n) is 9.16. The van der Waals surface area contributed by atoms with Gasteiger partial charge in [-0.05, 0) is 12.8 Å². The summed E-state index contributed by atoms with van der Waals surface area (Å²) >= 11 is 1.32. The normalized spacial score (nSPS) is 28.7. The number of thioether (sulfide) groups is 1. The summed E-state index contributed by atoms with van der Waals surface area (Å²) in [6.07, 6.45) is -1.96. The topological polar surface area (TPSA) is 201 Å². The molecule has 0 aliphatic carbocycles. The van der Waals surface area contributed by atoms with Crippen LogP contribution < -0.4 is 17.0 Å². The molecular weight excluding hydrogens is 439 g/mol. The molecule has 2 aromatic heterocycles. The maximum absolute atomic E-state index is 12.3. The summed E-state index contributed by atoms with van der Waals surface area (Å²) in [6, 6.07) is 0. The molecule has 7 N–H and O–H groups in total. The van der Waals surface area contributed by atoms with Crippen LogP contribution in [0.1, 0.15) is 25.5 Å². The highest BCUT2D eigenvalue weighted by Gasteiger charge is 2.50. The molecule has 0 spiro atoms. The summed E-state index contributed by atoms with van der Waals surface area (Å²) in [5.74, 6) is 0.117. The van der Waals surface area contributed by atoms with Gasteiger partial charge in [0.1, 0.15) is 18.3 Å². The number of primary amides is 1. The fourth-order valence-electron chi connectivity index (χ4n) is 3.35. The molecule has 5 atom stereocenters. The zero-order valence-corrected chi connectivity index (χ0v) is 17.3. The number of aromatic nitrogens is 4. The summed E-state index contributed by atoms with van der Waals surface area (Å²) in [6.45, 7) is 0.0544. The van der Waals surface area contributed by atoms with Gasteiger partial charge in [0, 0.05) is 12.2 Å². The second kappa shape index (κ2) is 8.75. The van der Waals surface area contributed by atoms with E-state index in [9.17, 15) is 19.6 Å². The number of hydrogen-bond donors (Lipinski definition) is 5. The minimum atomic E-state index is -2.10. The van der Waals surface area contributed by atoms with Crippen LogP contribution in [0.15, 0.2) is 9.95 Å². The van der Waals surface area contributed by atoms with E-state index in [1.807, 2.05) is 0 Å². The van der Waals surface area contributed by atoms with Crippen molar-refractivity contribution in [3.8, 4) is 0 Å². The zero-order chi connectivity index (χ0) is 21.4. The molecule has 164 valence electrons. The van der Waals surface area contributed by atoms with E-state index in [1.165, 1.54) is 16.3 Å². The third-order valence-electron chi connectivity index (χ3n) is 4.71. The van der Waals surface area contributed by atoms with E-state index >= 15 is 0 Å². The van der Waals surface area contributed by atoms with Crippen LogP contribution in [-0.2, 0) is 18.6 Å². The maximum Gasteiger partial charge on any atom is 0.330 e. The number of nitrogens with two attached hydrogens (primary N) is 2. The van der Waals surface area contributed by atoms with Gasteiger partial charge in [0.25, 0.3) is 5.56 Å². The first-order valence-corrected chi connectivity index (χ1v) is 11.3. The van der Waals surface area contributed by atoms with E-state index in [0.29, 0.717) is 23.8 Å². The Balaban J connectivity index is 1.65. The number of unbranched alkanes of at least 4 members (excludes halogenated alkanes) is 1. The molecule has 0 aromatic carbocycles. The van der Waals surface area contributed by atoms with Gasteiger partial charge in [-0.1, -0.05) is 11.8 Å². The van der Waals surface area contributed by atoms with E-state index in [1.54, 1.807) is 0 Å². The molecule has 2 saturated heterocycles. The molecule has 0 bridgehead atoms. The minimum absolute atomic E-state index is 0.0519. The molecule has 4 rings (SSSR count). The first kappa shape index (κ1) is 21.4. The largest absolute Gasteiger partial charge is 0.386 e. The maximum atomic E-state index is 12.3. The number of rotatable bonds is 7. The molecule has 2 aliphatic heterocycles. The van der Waals surface area contributed by atoms with Gasteiger partial charge in [-0.25, -0.2) is 4.98 Å². The fraction of sp³-hybridized carbons (Fsp3) is 0.600. The van der Waals surface area contributed by atoms with Gasteiger partial charge in [0.05, 0.1) is 6.61 Å². The van der Waals surface area contributed by atoms with Crippen LogP contribution in [0.25, 0.3) is 11.2 Å². The molecule has 2 aromatic rings. The van der Waals surface area contributed by atoms with Gasteiger partial charge >= 0.3 is 8.60 Å². The third kappa shape index (κ3) is 4.17. The molecule has 13 nitrogen and oxygen atoms in total. The molecular formula is C15H21N6O7PS. The first-order chi connectivity index (χ1) is 14.3. The highest BCUT2D eigenvalue weighted by molar-refractivity contribution is 7.99. The molecule has 2 aliphatic rings. The van der Waals surface area contributed by atoms with E-state index in [4.69, 9.17) is 25.3 Å². The number of nitrogen functional groups attached to an aromatic ring is 1. The fourth-order valence-corrected chi connectivity index (χ4v) is 5.17. The Morgan fingerprint density at radius 2 is 2.20 bits per heavy atom. The Morgan fingerprint density at radius 1 is 1.40 bits per heavy atom. The number of nitrogens with one attached hydrogen (secondary N) is 1. The van der Waals surface area contributed by atoms with Crippen LogP contribution in [0, 0.1) is 0 Å². The van der Waals surface area contributed by atoms with Crippen LogP contribution >= 0.6 is 20.4 Å². The Hall–Kier alpha value is -1.80. The number of nitrogens with zero attached hydrogens (tertiary/aromatic N) is 3. The number of ether oxygens (including phenoxy) is 1. The summed E-state index contributed by atoms with van der Waals surface area (Å²) in [7, 11) is -2.10. The SMILES string of the molecule is NC(=O)CCCCSc1nc2c(=O)[nH]c(N)nc2n1C1OC2COP(O)OC2C1O. The number of fused-ring (bicyclic) bond motifs is 2. The van der Waals surface area contributed by atoms with Crippen molar-refractivity contribution in [2.45, 2.75) is 49.0 Å². The number of carbonyl (C=O) groups excluding carboxylic acids is 1. The second-order valence-electron chi connectivity index (χ2n) is 6.82. The molecule has 1 amide bonds. The number of aliphatic hydroxyl groups is 1. The highest BCUT2D eigenvalue weighted by Crippen LogP contribution is 2.47. The van der Waals surface area contributed by atoms with E-state index in [0.717, 1.165) is 0 Å². The van der Waals surface area contributed by atoms with Crippen molar-refractivity contribution in [3.05, 3.63) is 10.4 Å². The van der Waals surface area contributed by atoms with Crippen molar-refractivity contribution in [1.82, 2.24) is 19.5 Å². The molecule has 30 heavy (non-hydrogen) atoms. The standard InChI is InChI=1S/C15H21N6O7PS/c16-7(22)3-1-2-4-30-15-18-8-11(19-14(17)20-12(8)24)21(15)13-9(23)10-6(27-13)5-26-29(25)28-10/h6,9-10,13,23,25H,1-5H2,(H2,16,22)(H3,17,19,20,24). The Kier molecular flexibility index (Phi) is 6.25. The number of aliphatic hydroxyl groups excluding tert-OH is 1. The number of hydrogen-bond acceptors (Lipinski definition) is 11. The number of amides is 1. The lowest BCUT2D eigenvalue weighted by Crippen LogP contribution is -2.38. The predicted octanol–water partition coefficient (Wildman–Crippen LogP) is -0.658. The Bertz CT molecular complexity index is 1000. The van der Waals surface area contributed by atoms with E-state index < -0.39 is 38.7 Å². The molecule has 4 heterocycles. The van der Waals surface area contributed by atoms with Gasteiger partial charge in [-0.2, -0.15) is 4.98 Å². The van der Waals surface area contributed by atoms with Crippen LogP contribution in [0.5, 0.6) is 0 Å². The van der Waals surface area contributed by atoms with Crippen molar-refractivity contribution in [2.24, 2.45) is 5.73 Å². The summed E-state index contributed by atoms with van der Waals surface area (Å²) < 4.78 is 17.8. The number of carbonyl (C=O) groups is 1. The van der Waals surface area contributed by atoms with E-state index in [-0.39, 0.29) is 36.0 Å². The van der Waals surface area contributed by atoms with Gasteiger partial charge in [-0.3, -0.25) is 19.1 Å². The van der Waals surface area contributed by atoms with Crippen LogP contribution in [0.3, 0.4) is 0 Å². The number of anilines is 1. The van der Waals surface area contributed by atoms with Gasteiger partial charge in [0.2, 0.25) is 11.9 Å². The lowest BCUT2D eigenvalue weighted by atomic mass is 10.1. The minimum Gasteiger partial charge on any atom is -0.386 e. The van der Waals surface area contributed by atoms with Crippen LogP contribution in [0.2, 0.25) is 0 Å². The average molecular weight is 460 g/mol. The Labute approximate surface area is 175 Å². The number of H-pyrrole nitrogens is 1. The van der Waals surface area contributed by atoms with Gasteiger partial charge < -0.3 is 35.3 Å². The average Bonchev–Trinajstić information content (AvgIpc) is 3.19. The second-order valence-corrected chi connectivity index (χ2v) is 8.83. The van der Waals surface area contributed by atoms with Crippen LogP contribution in [-0.4, -0.2) is 66.1 Å². The molecule has 0 saturated carbocycles. The summed E-state index contributed by atoms with van der Waals surface area (Å²) in [5, 5.41) is 11.2. The molecule has 2 fully saturated rings. The van der Waals surface area contributed by atoms with Crippen molar-refractivity contribution in [3.63, 3.8) is 0 Å². The lowest BCUT2D eigenvalue weighted by Gasteiger charge is -2.27. The molecule has 15 heteroatoms. The molecule has 5 unspecified atom stereocenters. The number of imidazole rings is 1. The lowest BCUT2D eigenvalue weighted by molar-refractivity contribution is -0.118. The highest BCUT2D eigenvalue weighted by atomic mass is 32.2. The quantitative estimate of drug-likeness (QED) is 0.199. The van der Waals surface area contributed by atoms with Gasteiger partial charge in [-0.15, -0.1) is 0 Å². The van der Waals surface area contributed by atoms with Crippen molar-refractivity contribution >= 4 is 43.4 Å². The van der Waals surface area contributed by atoms with Gasteiger partial charge in [0.15, 0.2) is 22.5 Å². The number of aromatic amines is 1. The Morgan fingerprint density at radius 3 is 2.97 bits per heavy atom. The zero-order valence-electron chi connectivity index (χ0n) is 15.6. The van der Waals surface area contributed by atoms with E-state index in [2.05, 4.69) is 15.0 Å². The predicted molar refractivity (Wildman–Crippen MR) is 106 cm³/mol. The summed E-state index contributed by atoms with van der Waals surface area (Å²) in [5.41, 5.74) is 10.5. The van der Waals surface area contributed by atoms with Crippen molar-refractivity contribution < 1.29 is 28.6 Å². The molecule has 0 radical (unpaired) electrons. The van der Waals surface area contributed by atoms with Crippen molar-refractivity contribution in [1.29, 1.82) is 0 Å². The monoisotopic (exact) mass is 460 g/mol. The smallest absolute Gasteiger partial charge is 0.330 e. The van der Waals surface area contributed by atoms with Crippen LogP contribution in [0.4, 0.5) is 5.95 Å². The van der Waals surface area contributed by atoms with Crippen molar-refractivity contribution in [2.75, 3.05) is 18.1 Å².